The fourth-order valence-corrected chi connectivity index (χ4v) is 2.87. The Morgan fingerprint density at radius 3 is 3.06 bits per heavy atom. The quantitative estimate of drug-likeness (QED) is 0.845. The van der Waals surface area contributed by atoms with Crippen LogP contribution in [0.4, 0.5) is 0 Å². The van der Waals surface area contributed by atoms with E-state index in [1.807, 2.05) is 30.3 Å². The fraction of sp³-hybridized carbons (Fsp3) is 0.333. The molecule has 2 unspecified atom stereocenters. The molecule has 4 heteroatoms. The van der Waals surface area contributed by atoms with Crippen molar-refractivity contribution in [1.29, 1.82) is 5.26 Å². The third-order valence-electron chi connectivity index (χ3n) is 2.49. The number of nitriles is 1. The Kier molecular flexibility index (Phi) is 3.16. The van der Waals surface area contributed by atoms with E-state index in [-0.39, 0.29) is 11.2 Å². The van der Waals surface area contributed by atoms with Crippen LogP contribution in [0.15, 0.2) is 29.2 Å². The van der Waals surface area contributed by atoms with Gasteiger partial charge in [0.15, 0.2) is 0 Å². The molecule has 2 atom stereocenters. The van der Waals surface area contributed by atoms with E-state index < -0.39 is 6.04 Å². The molecule has 82 valence electrons. The third-order valence-corrected chi connectivity index (χ3v) is 3.81. The van der Waals surface area contributed by atoms with Crippen LogP contribution in [0.5, 0.6) is 0 Å². The van der Waals surface area contributed by atoms with Crippen molar-refractivity contribution in [3.8, 4) is 6.07 Å². The molecule has 0 aromatic heterocycles. The van der Waals surface area contributed by atoms with Crippen LogP contribution in [0.2, 0.25) is 0 Å². The van der Waals surface area contributed by atoms with Crippen molar-refractivity contribution in [1.82, 2.24) is 5.32 Å². The van der Waals surface area contributed by atoms with E-state index >= 15 is 0 Å². The van der Waals surface area contributed by atoms with Crippen LogP contribution in [0, 0.1) is 11.3 Å². The van der Waals surface area contributed by atoms with Crippen LogP contribution < -0.4 is 5.32 Å². The lowest BCUT2D eigenvalue weighted by atomic mass is 10.1. The van der Waals surface area contributed by atoms with Crippen LogP contribution in [-0.4, -0.2) is 17.2 Å². The van der Waals surface area contributed by atoms with Gasteiger partial charge >= 0.3 is 0 Å². The van der Waals surface area contributed by atoms with Gasteiger partial charge in [0.2, 0.25) is 5.91 Å². The maximum atomic E-state index is 11.8. The topological polar surface area (TPSA) is 52.9 Å². The summed E-state index contributed by atoms with van der Waals surface area (Å²) in [6, 6.07) is 9.61. The van der Waals surface area contributed by atoms with Gasteiger partial charge in [0.25, 0.3) is 0 Å². The average Bonchev–Trinajstić information content (AvgIpc) is 2.72. The second kappa shape index (κ2) is 4.58. The highest BCUT2D eigenvalue weighted by Crippen LogP contribution is 2.36. The number of nitrogens with zero attached hydrogens (tertiary/aromatic N) is 1. The number of rotatable bonds is 2. The van der Waals surface area contributed by atoms with E-state index in [1.54, 1.807) is 18.7 Å². The van der Waals surface area contributed by atoms with Gasteiger partial charge < -0.3 is 5.32 Å². The molecule has 16 heavy (non-hydrogen) atoms. The first-order valence-electron chi connectivity index (χ1n) is 5.15. The number of carbonyl (C=O) groups is 1. The number of carbonyl (C=O) groups excluding carboxylic acids is 1. The predicted molar refractivity (Wildman–Crippen MR) is 63.0 cm³/mol. The van der Waals surface area contributed by atoms with Gasteiger partial charge in [-0.05, 0) is 25.0 Å². The van der Waals surface area contributed by atoms with Gasteiger partial charge in [-0.15, -0.1) is 11.8 Å². The Balaban J connectivity index is 2.01. The summed E-state index contributed by atoms with van der Waals surface area (Å²) >= 11 is 1.58. The molecule has 1 aliphatic rings. The summed E-state index contributed by atoms with van der Waals surface area (Å²) in [5.74, 6) is -0.0461. The number of hydrogen-bond acceptors (Lipinski definition) is 3. The van der Waals surface area contributed by atoms with Crippen molar-refractivity contribution in [2.24, 2.45) is 0 Å². The van der Waals surface area contributed by atoms with Crippen molar-refractivity contribution >= 4 is 17.7 Å². The molecule has 1 aliphatic heterocycles. The summed E-state index contributed by atoms with van der Waals surface area (Å²) in [6.07, 6.45) is 0.755. The standard InChI is InChI=1S/C12H12N2OS/c1-8(7-13)14-12(15)11-6-9-4-2-3-5-10(9)16-11/h2-5,8,11H,6H2,1H3,(H,14,15). The van der Waals surface area contributed by atoms with Gasteiger partial charge in [0.05, 0.1) is 11.3 Å². The van der Waals surface area contributed by atoms with Gasteiger partial charge in [-0.3, -0.25) is 4.79 Å². The highest BCUT2D eigenvalue weighted by Gasteiger charge is 2.28. The first kappa shape index (κ1) is 11.0. The van der Waals surface area contributed by atoms with Crippen LogP contribution in [0.1, 0.15) is 12.5 Å². The van der Waals surface area contributed by atoms with E-state index in [9.17, 15) is 4.79 Å². The van der Waals surface area contributed by atoms with Gasteiger partial charge in [-0.25, -0.2) is 0 Å². The molecule has 1 aromatic carbocycles. The van der Waals surface area contributed by atoms with Gasteiger partial charge in [0.1, 0.15) is 6.04 Å². The number of fused-ring (bicyclic) bond motifs is 1. The van der Waals surface area contributed by atoms with Gasteiger partial charge in [0, 0.05) is 4.90 Å². The molecule has 1 heterocycles. The van der Waals surface area contributed by atoms with E-state index in [0.29, 0.717) is 0 Å². The average molecular weight is 232 g/mol. The van der Waals surface area contributed by atoms with Crippen molar-refractivity contribution in [3.63, 3.8) is 0 Å². The second-order valence-electron chi connectivity index (χ2n) is 3.78. The minimum atomic E-state index is -0.420. The molecular weight excluding hydrogens is 220 g/mol. The summed E-state index contributed by atoms with van der Waals surface area (Å²) in [4.78, 5) is 13.0. The molecule has 3 nitrogen and oxygen atoms in total. The molecule has 0 aliphatic carbocycles. The van der Waals surface area contributed by atoms with Crippen LogP contribution in [-0.2, 0) is 11.2 Å². The highest BCUT2D eigenvalue weighted by molar-refractivity contribution is 8.01. The molecule has 0 radical (unpaired) electrons. The zero-order valence-corrected chi connectivity index (χ0v) is 9.75. The van der Waals surface area contributed by atoms with Crippen molar-refractivity contribution < 1.29 is 4.79 Å². The summed E-state index contributed by atoms with van der Waals surface area (Å²) in [6.45, 7) is 1.69. The minimum absolute atomic E-state index is 0.0461. The molecule has 1 N–H and O–H groups in total. The lowest BCUT2D eigenvalue weighted by molar-refractivity contribution is -0.120. The van der Waals surface area contributed by atoms with Crippen LogP contribution >= 0.6 is 11.8 Å². The van der Waals surface area contributed by atoms with Crippen LogP contribution in [0.25, 0.3) is 0 Å². The Labute approximate surface area is 98.8 Å². The zero-order chi connectivity index (χ0) is 11.5. The van der Waals surface area contributed by atoms with Crippen molar-refractivity contribution in [2.75, 3.05) is 0 Å². The molecule has 0 spiro atoms. The van der Waals surface area contributed by atoms with E-state index in [4.69, 9.17) is 5.26 Å². The monoisotopic (exact) mass is 232 g/mol. The first-order valence-corrected chi connectivity index (χ1v) is 6.03. The van der Waals surface area contributed by atoms with Crippen molar-refractivity contribution in [2.45, 2.75) is 29.5 Å². The first-order chi connectivity index (χ1) is 7.70. The molecule has 0 saturated heterocycles. The number of nitrogens with one attached hydrogen (secondary N) is 1. The van der Waals surface area contributed by atoms with E-state index in [1.165, 1.54) is 10.5 Å². The number of benzene rings is 1. The minimum Gasteiger partial charge on any atom is -0.340 e. The normalized spacial score (nSPS) is 19.6. The smallest absolute Gasteiger partial charge is 0.234 e. The Morgan fingerprint density at radius 2 is 2.38 bits per heavy atom. The molecular formula is C12H12N2OS. The Bertz CT molecular complexity index is 428. The number of hydrogen-bond donors (Lipinski definition) is 1. The maximum absolute atomic E-state index is 11.8. The SMILES string of the molecule is CC(C#N)NC(=O)C1Cc2ccccc2S1. The predicted octanol–water partition coefficient (Wildman–Crippen LogP) is 1.73. The number of amides is 1. The van der Waals surface area contributed by atoms with Gasteiger partial charge in [-0.1, -0.05) is 18.2 Å². The molecule has 0 bridgehead atoms. The number of thioether (sulfide) groups is 1. The molecule has 0 saturated carbocycles. The summed E-state index contributed by atoms with van der Waals surface area (Å²) in [7, 11) is 0. The summed E-state index contributed by atoms with van der Waals surface area (Å²) in [5, 5.41) is 11.2. The Morgan fingerprint density at radius 1 is 1.62 bits per heavy atom. The molecule has 2 rings (SSSR count). The third kappa shape index (κ3) is 2.20. The highest BCUT2D eigenvalue weighted by atomic mass is 32.2. The summed E-state index contributed by atoms with van der Waals surface area (Å²) in [5.41, 5.74) is 1.22. The maximum Gasteiger partial charge on any atom is 0.234 e. The Hall–Kier alpha value is -1.47. The molecule has 0 fully saturated rings. The molecule has 1 aromatic rings. The van der Waals surface area contributed by atoms with E-state index in [0.717, 1.165) is 6.42 Å². The summed E-state index contributed by atoms with van der Waals surface area (Å²) < 4.78 is 0. The largest absolute Gasteiger partial charge is 0.340 e. The lowest BCUT2D eigenvalue weighted by Crippen LogP contribution is -2.37. The zero-order valence-electron chi connectivity index (χ0n) is 8.93. The van der Waals surface area contributed by atoms with Crippen LogP contribution in [0.3, 0.4) is 0 Å². The fourth-order valence-electron chi connectivity index (χ4n) is 1.67. The molecule has 1 amide bonds. The lowest BCUT2D eigenvalue weighted by Gasteiger charge is -2.10. The van der Waals surface area contributed by atoms with E-state index in [2.05, 4.69) is 5.32 Å². The second-order valence-corrected chi connectivity index (χ2v) is 5.02. The van der Waals surface area contributed by atoms with Gasteiger partial charge in [-0.2, -0.15) is 5.26 Å². The van der Waals surface area contributed by atoms with Crippen molar-refractivity contribution in [3.05, 3.63) is 29.8 Å².